The summed E-state index contributed by atoms with van der Waals surface area (Å²) in [6, 6.07) is 17.1. The summed E-state index contributed by atoms with van der Waals surface area (Å²) in [5, 5.41) is 2.97. The molecule has 2 aromatic heterocycles. The molecule has 0 spiro atoms. The summed E-state index contributed by atoms with van der Waals surface area (Å²) in [4.78, 5) is 31.4. The number of carbonyl (C=O) groups excluding carboxylic acids is 1. The summed E-state index contributed by atoms with van der Waals surface area (Å²) in [6.07, 6.45) is 0.851. The number of imidazole rings is 1. The van der Waals surface area contributed by atoms with Crippen LogP contribution in [-0.4, -0.2) is 77.7 Å². The average molecular weight is 561 g/mol. The lowest BCUT2D eigenvalue weighted by atomic mass is 9.92. The van der Waals surface area contributed by atoms with Crippen molar-refractivity contribution in [3.05, 3.63) is 84.1 Å². The van der Waals surface area contributed by atoms with Gasteiger partial charge in [0, 0.05) is 35.8 Å². The molecule has 214 valence electrons. The fourth-order valence-corrected chi connectivity index (χ4v) is 4.26. The number of amides is 1. The van der Waals surface area contributed by atoms with Crippen molar-refractivity contribution in [1.29, 1.82) is 0 Å². The number of halogens is 1. The van der Waals surface area contributed by atoms with Crippen LogP contribution in [0.15, 0.2) is 66.9 Å². The van der Waals surface area contributed by atoms with E-state index in [9.17, 15) is 9.18 Å². The van der Waals surface area contributed by atoms with E-state index in [0.29, 0.717) is 66.9 Å². The van der Waals surface area contributed by atoms with Crippen molar-refractivity contribution in [2.24, 2.45) is 5.41 Å². The Morgan fingerprint density at radius 3 is 2.54 bits per heavy atom. The number of H-pyrrole nitrogens is 1. The molecule has 1 amide bonds. The Morgan fingerprint density at radius 2 is 1.83 bits per heavy atom. The number of hydrogen-bond donors (Lipinski definition) is 2. The predicted molar refractivity (Wildman–Crippen MR) is 151 cm³/mol. The molecule has 1 saturated heterocycles. The highest BCUT2D eigenvalue weighted by atomic mass is 19.1. The SMILES string of the molecule is CN(C)CCOc1nccc(-c2[nH]c(C3OCC(C)(CNC(=O)c4ccccc4)CO3)nc2-c2ccc(F)cc2)n1. The standard InChI is InChI=1S/C30H33FN6O4/c1-30(17-33-27(38)21-7-5-4-6-8-21)18-40-28(41-19-30)26-35-24(20-9-11-22(31)12-10-20)25(36-26)23-13-14-32-29(34-23)39-16-15-37(2)3/h4-14,28H,15-19H2,1-3H3,(H,33,38)(H,35,36). The predicted octanol–water partition coefficient (Wildman–Crippen LogP) is 4.09. The van der Waals surface area contributed by atoms with Crippen molar-refractivity contribution in [1.82, 2.24) is 30.2 Å². The van der Waals surface area contributed by atoms with Crippen LogP contribution in [0.5, 0.6) is 6.01 Å². The maximum absolute atomic E-state index is 13.7. The number of benzene rings is 2. The van der Waals surface area contributed by atoms with Crippen LogP contribution in [0.2, 0.25) is 0 Å². The van der Waals surface area contributed by atoms with Gasteiger partial charge in [-0.1, -0.05) is 25.1 Å². The van der Waals surface area contributed by atoms with E-state index in [4.69, 9.17) is 19.2 Å². The van der Waals surface area contributed by atoms with Crippen LogP contribution in [0.3, 0.4) is 0 Å². The Bertz CT molecular complexity index is 1450. The summed E-state index contributed by atoms with van der Waals surface area (Å²) in [5.41, 5.74) is 2.58. The normalized spacial score (nSPS) is 18.8. The number of nitrogens with one attached hydrogen (secondary N) is 2. The minimum Gasteiger partial charge on any atom is -0.462 e. The zero-order valence-corrected chi connectivity index (χ0v) is 23.3. The van der Waals surface area contributed by atoms with Gasteiger partial charge in [-0.2, -0.15) is 4.98 Å². The molecule has 2 aromatic carbocycles. The van der Waals surface area contributed by atoms with Crippen LogP contribution in [0.25, 0.3) is 22.6 Å². The zero-order valence-electron chi connectivity index (χ0n) is 23.3. The van der Waals surface area contributed by atoms with Gasteiger partial charge in [0.15, 0.2) is 5.82 Å². The van der Waals surface area contributed by atoms with E-state index in [-0.39, 0.29) is 17.7 Å². The van der Waals surface area contributed by atoms with Crippen LogP contribution in [0.4, 0.5) is 4.39 Å². The number of aromatic nitrogens is 4. The third kappa shape index (κ3) is 7.12. The Hall–Kier alpha value is -4.19. The summed E-state index contributed by atoms with van der Waals surface area (Å²) in [5.74, 6) is -0.0471. The van der Waals surface area contributed by atoms with Crippen molar-refractivity contribution in [3.63, 3.8) is 0 Å². The van der Waals surface area contributed by atoms with Crippen molar-refractivity contribution >= 4 is 5.91 Å². The van der Waals surface area contributed by atoms with Crippen LogP contribution in [0.1, 0.15) is 29.4 Å². The quantitative estimate of drug-likeness (QED) is 0.298. The van der Waals surface area contributed by atoms with Gasteiger partial charge < -0.3 is 29.4 Å². The van der Waals surface area contributed by atoms with Crippen LogP contribution in [0, 0.1) is 11.2 Å². The van der Waals surface area contributed by atoms with Crippen molar-refractivity contribution in [2.75, 3.05) is 47.0 Å². The molecule has 1 aliphatic heterocycles. The highest BCUT2D eigenvalue weighted by Crippen LogP contribution is 2.35. The van der Waals surface area contributed by atoms with Gasteiger partial charge in [0.05, 0.1) is 30.3 Å². The van der Waals surface area contributed by atoms with E-state index in [0.717, 1.165) is 0 Å². The van der Waals surface area contributed by atoms with E-state index in [2.05, 4.69) is 20.3 Å². The lowest BCUT2D eigenvalue weighted by molar-refractivity contribution is -0.231. The number of carbonyl (C=O) groups is 1. The number of hydrogen-bond acceptors (Lipinski definition) is 8. The molecule has 0 bridgehead atoms. The number of aromatic amines is 1. The van der Waals surface area contributed by atoms with Gasteiger partial charge >= 0.3 is 6.01 Å². The molecule has 10 nitrogen and oxygen atoms in total. The topological polar surface area (TPSA) is 114 Å². The largest absolute Gasteiger partial charge is 0.462 e. The molecule has 0 unspecified atom stereocenters. The lowest BCUT2D eigenvalue weighted by Gasteiger charge is -2.36. The summed E-state index contributed by atoms with van der Waals surface area (Å²) in [7, 11) is 3.92. The minimum atomic E-state index is -0.765. The van der Waals surface area contributed by atoms with Gasteiger partial charge in [-0.05, 0) is 56.6 Å². The van der Waals surface area contributed by atoms with Crippen LogP contribution < -0.4 is 10.1 Å². The van der Waals surface area contributed by atoms with Crippen LogP contribution in [-0.2, 0) is 9.47 Å². The van der Waals surface area contributed by atoms with Gasteiger partial charge in [0.1, 0.15) is 12.4 Å². The minimum absolute atomic E-state index is 0.150. The third-order valence-corrected chi connectivity index (χ3v) is 6.60. The molecule has 2 N–H and O–H groups in total. The van der Waals surface area contributed by atoms with Crippen molar-refractivity contribution in [3.8, 4) is 28.7 Å². The number of rotatable bonds is 10. The van der Waals surface area contributed by atoms with Gasteiger partial charge in [-0.25, -0.2) is 14.4 Å². The second kappa shape index (κ2) is 12.5. The first-order valence-corrected chi connectivity index (χ1v) is 13.3. The van der Waals surface area contributed by atoms with E-state index in [1.54, 1.807) is 36.5 Å². The van der Waals surface area contributed by atoms with Crippen LogP contribution >= 0.6 is 0 Å². The molecule has 41 heavy (non-hydrogen) atoms. The van der Waals surface area contributed by atoms with Gasteiger partial charge in [-0.15, -0.1) is 0 Å². The molecule has 5 rings (SSSR count). The Balaban J connectivity index is 1.33. The second-order valence-corrected chi connectivity index (χ2v) is 10.5. The molecule has 0 radical (unpaired) electrons. The number of ether oxygens (including phenoxy) is 3. The molecule has 1 fully saturated rings. The highest BCUT2D eigenvalue weighted by molar-refractivity contribution is 5.94. The molecular weight excluding hydrogens is 527 g/mol. The molecule has 4 aromatic rings. The van der Waals surface area contributed by atoms with Gasteiger partial charge in [0.25, 0.3) is 5.91 Å². The monoisotopic (exact) mass is 560 g/mol. The molecule has 1 aliphatic rings. The first-order valence-electron chi connectivity index (χ1n) is 13.3. The fourth-order valence-electron chi connectivity index (χ4n) is 4.26. The Morgan fingerprint density at radius 1 is 1.10 bits per heavy atom. The maximum Gasteiger partial charge on any atom is 0.316 e. The molecule has 0 atom stereocenters. The Labute approximate surface area is 237 Å². The van der Waals surface area contributed by atoms with E-state index < -0.39 is 11.7 Å². The smallest absolute Gasteiger partial charge is 0.316 e. The summed E-state index contributed by atoms with van der Waals surface area (Å²) >= 11 is 0. The summed E-state index contributed by atoms with van der Waals surface area (Å²) in [6.45, 7) is 4.20. The van der Waals surface area contributed by atoms with Crippen molar-refractivity contribution < 1.29 is 23.4 Å². The zero-order chi connectivity index (χ0) is 28.8. The highest BCUT2D eigenvalue weighted by Gasteiger charge is 2.35. The lowest BCUT2D eigenvalue weighted by Crippen LogP contribution is -2.45. The fraction of sp³-hybridized carbons (Fsp3) is 0.333. The average Bonchev–Trinajstić information content (AvgIpc) is 3.43. The van der Waals surface area contributed by atoms with Gasteiger partial charge in [0.2, 0.25) is 6.29 Å². The molecule has 0 saturated carbocycles. The summed E-state index contributed by atoms with van der Waals surface area (Å²) < 4.78 is 31.6. The molecule has 3 heterocycles. The van der Waals surface area contributed by atoms with E-state index in [1.807, 2.05) is 44.1 Å². The Kier molecular flexibility index (Phi) is 8.67. The molecule has 11 heteroatoms. The first-order chi connectivity index (χ1) is 19.8. The van der Waals surface area contributed by atoms with E-state index >= 15 is 0 Å². The first kappa shape index (κ1) is 28.3. The molecule has 0 aliphatic carbocycles. The van der Waals surface area contributed by atoms with Gasteiger partial charge in [-0.3, -0.25) is 4.79 Å². The second-order valence-electron chi connectivity index (χ2n) is 10.5. The maximum atomic E-state index is 13.7. The van der Waals surface area contributed by atoms with E-state index in [1.165, 1.54) is 12.1 Å². The third-order valence-electron chi connectivity index (χ3n) is 6.60. The number of nitrogens with zero attached hydrogens (tertiary/aromatic N) is 4. The number of likely N-dealkylation sites (N-methyl/N-ethyl adjacent to an activating group) is 1. The molecular formula is C30H33FN6O4. The van der Waals surface area contributed by atoms with Crippen molar-refractivity contribution in [2.45, 2.75) is 13.2 Å².